The zero-order chi connectivity index (χ0) is 17.7. The molecule has 6 heteroatoms. The lowest BCUT2D eigenvalue weighted by molar-refractivity contribution is 0.0368. The highest BCUT2D eigenvalue weighted by Gasteiger charge is 2.24. The highest BCUT2D eigenvalue weighted by molar-refractivity contribution is 7.92. The number of sulfonamides is 1. The number of ether oxygens (including phenoxy) is 1. The predicted octanol–water partition coefficient (Wildman–Crippen LogP) is 3.46. The van der Waals surface area contributed by atoms with E-state index in [1.54, 1.807) is 24.3 Å². The normalized spacial score (nSPS) is 12.0. The van der Waals surface area contributed by atoms with Gasteiger partial charge in [0.1, 0.15) is 0 Å². The first-order valence-electron chi connectivity index (χ1n) is 7.81. The molecule has 0 atom stereocenters. The molecule has 0 saturated carbocycles. The maximum atomic E-state index is 12.4. The van der Waals surface area contributed by atoms with Crippen molar-refractivity contribution in [3.05, 3.63) is 29.8 Å². The fraction of sp³-hybridized carbons (Fsp3) is 0.588. The molecular weight excluding hydrogens is 314 g/mol. The van der Waals surface area contributed by atoms with Crippen molar-refractivity contribution in [3.8, 4) is 0 Å². The van der Waals surface area contributed by atoms with Gasteiger partial charge >= 0.3 is 5.97 Å². The van der Waals surface area contributed by atoms with Crippen LogP contribution in [-0.4, -0.2) is 33.8 Å². The van der Waals surface area contributed by atoms with Crippen LogP contribution in [0.5, 0.6) is 0 Å². The minimum absolute atomic E-state index is 0.0609. The third kappa shape index (κ3) is 5.86. The molecule has 0 aromatic heterocycles. The topological polar surface area (TPSA) is 63.7 Å². The van der Waals surface area contributed by atoms with E-state index in [1.165, 1.54) is 11.4 Å². The Morgan fingerprint density at radius 3 is 2.39 bits per heavy atom. The molecular formula is C17H27NO4S. The Labute approximate surface area is 139 Å². The van der Waals surface area contributed by atoms with Gasteiger partial charge in [-0.1, -0.05) is 46.2 Å². The van der Waals surface area contributed by atoms with Gasteiger partial charge in [0.05, 0.1) is 23.6 Å². The van der Waals surface area contributed by atoms with Crippen LogP contribution in [0, 0.1) is 5.41 Å². The maximum Gasteiger partial charge on any atom is 0.340 e. The van der Waals surface area contributed by atoms with Crippen molar-refractivity contribution in [1.29, 1.82) is 0 Å². The number of unbranched alkanes of at least 4 members (excludes halogenated alkanes) is 1. The third-order valence-corrected chi connectivity index (χ3v) is 5.11. The van der Waals surface area contributed by atoms with E-state index >= 15 is 0 Å². The zero-order valence-corrected chi connectivity index (χ0v) is 15.4. The van der Waals surface area contributed by atoms with Crippen LogP contribution in [0.25, 0.3) is 0 Å². The number of hydrogen-bond acceptors (Lipinski definition) is 4. The van der Waals surface area contributed by atoms with Gasteiger partial charge in [0, 0.05) is 7.05 Å². The molecule has 0 aliphatic carbocycles. The predicted molar refractivity (Wildman–Crippen MR) is 93.3 cm³/mol. The maximum absolute atomic E-state index is 12.4. The molecule has 0 unspecified atom stereocenters. The number of benzene rings is 1. The standard InChI is InChI=1S/C17H27NO4S/c1-6-7-12-23(20,21)18(5)15-11-9-8-10-14(15)16(19)22-13-17(2,3)4/h8-11H,6-7,12-13H2,1-5H3. The number of carbonyl (C=O) groups excluding carboxylic acids is 1. The Hall–Kier alpha value is -1.56. The van der Waals surface area contributed by atoms with Crippen LogP contribution in [0.2, 0.25) is 0 Å². The Kier molecular flexibility index (Phi) is 6.62. The lowest BCUT2D eigenvalue weighted by Gasteiger charge is -2.23. The SMILES string of the molecule is CCCCS(=O)(=O)N(C)c1ccccc1C(=O)OCC(C)(C)C. The van der Waals surface area contributed by atoms with Crippen molar-refractivity contribution in [2.75, 3.05) is 23.7 Å². The number of hydrogen-bond donors (Lipinski definition) is 0. The van der Waals surface area contributed by atoms with Crippen LogP contribution in [0.1, 0.15) is 50.9 Å². The average molecular weight is 341 g/mol. The summed E-state index contributed by atoms with van der Waals surface area (Å²) in [6.45, 7) is 8.11. The van der Waals surface area contributed by atoms with E-state index in [1.807, 2.05) is 27.7 Å². The second-order valence-electron chi connectivity index (χ2n) is 6.79. The summed E-state index contributed by atoms with van der Waals surface area (Å²) in [4.78, 5) is 12.3. The van der Waals surface area contributed by atoms with Crippen LogP contribution < -0.4 is 4.31 Å². The molecule has 0 amide bonds. The first-order valence-corrected chi connectivity index (χ1v) is 9.42. The largest absolute Gasteiger partial charge is 0.461 e. The minimum atomic E-state index is -3.45. The lowest BCUT2D eigenvalue weighted by atomic mass is 9.99. The molecule has 0 heterocycles. The molecule has 1 aromatic rings. The quantitative estimate of drug-likeness (QED) is 0.713. The highest BCUT2D eigenvalue weighted by atomic mass is 32.2. The number of rotatable bonds is 7. The Bertz CT molecular complexity index is 632. The molecule has 130 valence electrons. The lowest BCUT2D eigenvalue weighted by Crippen LogP contribution is -2.30. The number of para-hydroxylation sites is 1. The van der Waals surface area contributed by atoms with Gasteiger partial charge < -0.3 is 4.74 Å². The summed E-state index contributed by atoms with van der Waals surface area (Å²) in [5, 5.41) is 0. The molecule has 1 rings (SSSR count). The molecule has 0 N–H and O–H groups in total. The molecule has 0 radical (unpaired) electrons. The van der Waals surface area contributed by atoms with Crippen molar-refractivity contribution < 1.29 is 17.9 Å². The van der Waals surface area contributed by atoms with Gasteiger partial charge in [0.25, 0.3) is 0 Å². The van der Waals surface area contributed by atoms with E-state index in [2.05, 4.69) is 0 Å². The van der Waals surface area contributed by atoms with Gasteiger partial charge in [-0.2, -0.15) is 0 Å². The third-order valence-electron chi connectivity index (χ3n) is 3.27. The van der Waals surface area contributed by atoms with Gasteiger partial charge in [-0.3, -0.25) is 4.31 Å². The summed E-state index contributed by atoms with van der Waals surface area (Å²) in [5.41, 5.74) is 0.464. The average Bonchev–Trinajstić information content (AvgIpc) is 2.49. The van der Waals surface area contributed by atoms with E-state index in [4.69, 9.17) is 4.74 Å². The van der Waals surface area contributed by atoms with Crippen LogP contribution in [0.4, 0.5) is 5.69 Å². The molecule has 5 nitrogen and oxygen atoms in total. The van der Waals surface area contributed by atoms with Gasteiger partial charge in [-0.05, 0) is 24.0 Å². The second kappa shape index (κ2) is 7.81. The first-order chi connectivity index (χ1) is 10.6. The summed E-state index contributed by atoms with van der Waals surface area (Å²) < 4.78 is 31.2. The molecule has 0 fully saturated rings. The molecule has 0 aliphatic heterocycles. The van der Waals surface area contributed by atoms with Gasteiger partial charge in [-0.25, -0.2) is 13.2 Å². The smallest absolute Gasteiger partial charge is 0.340 e. The second-order valence-corrected chi connectivity index (χ2v) is 8.91. The van der Waals surface area contributed by atoms with Crippen LogP contribution in [0.15, 0.2) is 24.3 Å². The monoisotopic (exact) mass is 341 g/mol. The molecule has 23 heavy (non-hydrogen) atoms. The number of nitrogens with zero attached hydrogens (tertiary/aromatic N) is 1. The van der Waals surface area contributed by atoms with E-state index in [0.717, 1.165) is 6.42 Å². The molecule has 0 aliphatic rings. The highest BCUT2D eigenvalue weighted by Crippen LogP contribution is 2.24. The fourth-order valence-corrected chi connectivity index (χ4v) is 3.28. The first kappa shape index (κ1) is 19.5. The summed E-state index contributed by atoms with van der Waals surface area (Å²) in [7, 11) is -1.98. The van der Waals surface area contributed by atoms with Crippen LogP contribution in [-0.2, 0) is 14.8 Å². The van der Waals surface area contributed by atoms with E-state index in [-0.39, 0.29) is 23.3 Å². The summed E-state index contributed by atoms with van der Waals surface area (Å²) in [6.07, 6.45) is 1.38. The number of anilines is 1. The Balaban J connectivity index is 3.03. The van der Waals surface area contributed by atoms with E-state index in [0.29, 0.717) is 12.1 Å². The van der Waals surface area contributed by atoms with Crippen molar-refractivity contribution in [1.82, 2.24) is 0 Å². The van der Waals surface area contributed by atoms with Crippen LogP contribution >= 0.6 is 0 Å². The van der Waals surface area contributed by atoms with Crippen molar-refractivity contribution >= 4 is 21.7 Å². The molecule has 1 aromatic carbocycles. The number of carbonyl (C=O) groups is 1. The molecule has 0 saturated heterocycles. The van der Waals surface area contributed by atoms with E-state index < -0.39 is 16.0 Å². The van der Waals surface area contributed by atoms with Crippen molar-refractivity contribution in [2.24, 2.45) is 5.41 Å². The molecule has 0 bridgehead atoms. The minimum Gasteiger partial charge on any atom is -0.461 e. The summed E-state index contributed by atoms with van der Waals surface area (Å²) >= 11 is 0. The Morgan fingerprint density at radius 2 is 1.83 bits per heavy atom. The van der Waals surface area contributed by atoms with Gasteiger partial charge in [-0.15, -0.1) is 0 Å². The van der Waals surface area contributed by atoms with Crippen molar-refractivity contribution in [3.63, 3.8) is 0 Å². The molecule has 0 spiro atoms. The zero-order valence-electron chi connectivity index (χ0n) is 14.6. The van der Waals surface area contributed by atoms with Crippen LogP contribution in [0.3, 0.4) is 0 Å². The number of esters is 1. The fourth-order valence-electron chi connectivity index (χ4n) is 1.89. The summed E-state index contributed by atoms with van der Waals surface area (Å²) in [6, 6.07) is 6.62. The van der Waals surface area contributed by atoms with E-state index in [9.17, 15) is 13.2 Å². The van der Waals surface area contributed by atoms with Crippen molar-refractivity contribution in [2.45, 2.75) is 40.5 Å². The summed E-state index contributed by atoms with van der Waals surface area (Å²) in [5.74, 6) is -0.446. The Morgan fingerprint density at radius 1 is 1.22 bits per heavy atom. The van der Waals surface area contributed by atoms with Gasteiger partial charge in [0.2, 0.25) is 10.0 Å². The van der Waals surface area contributed by atoms with Gasteiger partial charge in [0.15, 0.2) is 0 Å².